The summed E-state index contributed by atoms with van der Waals surface area (Å²) in [6.45, 7) is 2.13. The van der Waals surface area contributed by atoms with Crippen molar-refractivity contribution in [3.63, 3.8) is 0 Å². The summed E-state index contributed by atoms with van der Waals surface area (Å²) in [7, 11) is 1.66. The van der Waals surface area contributed by atoms with Crippen molar-refractivity contribution in [3.05, 3.63) is 65.8 Å². The van der Waals surface area contributed by atoms with Gasteiger partial charge in [-0.2, -0.15) is 0 Å². The molecule has 0 aliphatic carbocycles. The Morgan fingerprint density at radius 2 is 1.84 bits per heavy atom. The van der Waals surface area contributed by atoms with Crippen LogP contribution in [0.25, 0.3) is 21.3 Å². The molecule has 0 fully saturated rings. The average molecular weight is 347 g/mol. The molecule has 0 saturated heterocycles. The van der Waals surface area contributed by atoms with Crippen molar-refractivity contribution in [1.29, 1.82) is 0 Å². The lowest BCUT2D eigenvalue weighted by Gasteiger charge is -2.10. The standard InChI is InChI=1S/C20H17N3OS/c1-13-17(14-7-4-3-5-8-14)18-19(21-12-22-20(18)25-13)23-15-9-6-10-16(11-15)24-2/h3-12H,1-2H3,(H,21,22,23). The zero-order valence-electron chi connectivity index (χ0n) is 14.0. The van der Waals surface area contributed by atoms with E-state index < -0.39 is 0 Å². The predicted molar refractivity (Wildman–Crippen MR) is 104 cm³/mol. The van der Waals surface area contributed by atoms with Gasteiger partial charge >= 0.3 is 0 Å². The number of benzene rings is 2. The molecule has 2 aromatic heterocycles. The Morgan fingerprint density at radius 3 is 2.64 bits per heavy atom. The summed E-state index contributed by atoms with van der Waals surface area (Å²) in [6.07, 6.45) is 1.61. The SMILES string of the molecule is COc1cccc(Nc2ncnc3sc(C)c(-c4ccccc4)c23)c1. The van der Waals surface area contributed by atoms with E-state index in [-0.39, 0.29) is 0 Å². The van der Waals surface area contributed by atoms with Crippen LogP contribution in [-0.2, 0) is 0 Å². The summed E-state index contributed by atoms with van der Waals surface area (Å²) in [6, 6.07) is 18.2. The quantitative estimate of drug-likeness (QED) is 0.535. The van der Waals surface area contributed by atoms with Gasteiger partial charge in [-0.1, -0.05) is 36.4 Å². The third-order valence-electron chi connectivity index (χ3n) is 4.06. The first-order chi connectivity index (χ1) is 12.3. The molecule has 4 aromatic rings. The molecule has 25 heavy (non-hydrogen) atoms. The molecule has 2 heterocycles. The highest BCUT2D eigenvalue weighted by Crippen LogP contribution is 2.40. The van der Waals surface area contributed by atoms with Gasteiger partial charge in [-0.15, -0.1) is 11.3 Å². The van der Waals surface area contributed by atoms with E-state index >= 15 is 0 Å². The minimum absolute atomic E-state index is 0.806. The molecule has 0 aliphatic rings. The van der Waals surface area contributed by atoms with Crippen molar-refractivity contribution in [3.8, 4) is 16.9 Å². The van der Waals surface area contributed by atoms with Gasteiger partial charge in [0.15, 0.2) is 0 Å². The van der Waals surface area contributed by atoms with Crippen molar-refractivity contribution < 1.29 is 4.74 Å². The molecule has 0 spiro atoms. The second kappa shape index (κ2) is 6.53. The van der Waals surface area contributed by atoms with Gasteiger partial charge in [-0.25, -0.2) is 9.97 Å². The normalized spacial score (nSPS) is 10.8. The fourth-order valence-corrected chi connectivity index (χ4v) is 3.94. The maximum atomic E-state index is 5.31. The lowest BCUT2D eigenvalue weighted by Crippen LogP contribution is -1.96. The van der Waals surface area contributed by atoms with Gasteiger partial charge in [0, 0.05) is 22.2 Å². The maximum Gasteiger partial charge on any atom is 0.143 e. The Kier molecular flexibility index (Phi) is 4.07. The monoisotopic (exact) mass is 347 g/mol. The lowest BCUT2D eigenvalue weighted by molar-refractivity contribution is 0.415. The van der Waals surface area contributed by atoms with Crippen molar-refractivity contribution in [2.24, 2.45) is 0 Å². The largest absolute Gasteiger partial charge is 0.497 e. The van der Waals surface area contributed by atoms with Crippen LogP contribution in [0.15, 0.2) is 60.9 Å². The van der Waals surface area contributed by atoms with E-state index in [4.69, 9.17) is 4.74 Å². The fraction of sp³-hybridized carbons (Fsp3) is 0.100. The topological polar surface area (TPSA) is 47.0 Å². The van der Waals surface area contributed by atoms with E-state index in [0.717, 1.165) is 27.5 Å². The summed E-state index contributed by atoms with van der Waals surface area (Å²) in [5, 5.41) is 4.48. The van der Waals surface area contributed by atoms with Crippen LogP contribution in [0.4, 0.5) is 11.5 Å². The number of nitrogens with one attached hydrogen (secondary N) is 1. The number of fused-ring (bicyclic) bond motifs is 1. The van der Waals surface area contributed by atoms with E-state index in [1.807, 2.05) is 30.3 Å². The number of methoxy groups -OCH3 is 1. The number of ether oxygens (including phenoxy) is 1. The Bertz CT molecular complexity index is 1030. The van der Waals surface area contributed by atoms with Gasteiger partial charge < -0.3 is 10.1 Å². The number of aromatic nitrogens is 2. The lowest BCUT2D eigenvalue weighted by atomic mass is 10.0. The number of anilines is 2. The number of hydrogen-bond acceptors (Lipinski definition) is 5. The predicted octanol–water partition coefficient (Wildman–Crippen LogP) is 5.42. The van der Waals surface area contributed by atoms with Gasteiger partial charge in [0.05, 0.1) is 12.5 Å². The van der Waals surface area contributed by atoms with Crippen molar-refractivity contribution >= 4 is 33.1 Å². The van der Waals surface area contributed by atoms with Crippen LogP contribution in [0.5, 0.6) is 5.75 Å². The number of rotatable bonds is 4. The summed E-state index contributed by atoms with van der Waals surface area (Å²) in [5.41, 5.74) is 3.29. The van der Waals surface area contributed by atoms with Gasteiger partial charge in [-0.3, -0.25) is 0 Å². The summed E-state index contributed by atoms with van der Waals surface area (Å²) < 4.78 is 5.31. The minimum atomic E-state index is 0.806. The number of hydrogen-bond donors (Lipinski definition) is 1. The molecule has 0 amide bonds. The van der Waals surface area contributed by atoms with Crippen molar-refractivity contribution in [2.75, 3.05) is 12.4 Å². The zero-order chi connectivity index (χ0) is 17.2. The zero-order valence-corrected chi connectivity index (χ0v) is 14.8. The Morgan fingerprint density at radius 1 is 1.00 bits per heavy atom. The Balaban J connectivity index is 1.87. The molecular formula is C20H17N3OS. The maximum absolute atomic E-state index is 5.31. The Hall–Kier alpha value is -2.92. The molecule has 0 radical (unpaired) electrons. The van der Waals surface area contributed by atoms with Crippen LogP contribution in [0.3, 0.4) is 0 Å². The smallest absolute Gasteiger partial charge is 0.143 e. The average Bonchev–Trinajstić information content (AvgIpc) is 2.99. The number of nitrogens with zero attached hydrogens (tertiary/aromatic N) is 2. The molecule has 0 bridgehead atoms. The second-order valence-electron chi connectivity index (χ2n) is 5.66. The van der Waals surface area contributed by atoms with Crippen LogP contribution in [0.1, 0.15) is 4.88 Å². The van der Waals surface area contributed by atoms with Crippen LogP contribution in [0, 0.1) is 6.92 Å². The van der Waals surface area contributed by atoms with E-state index in [1.54, 1.807) is 24.8 Å². The van der Waals surface area contributed by atoms with E-state index in [0.29, 0.717) is 0 Å². The molecule has 0 saturated carbocycles. The summed E-state index contributed by atoms with van der Waals surface area (Å²) in [5.74, 6) is 1.61. The van der Waals surface area contributed by atoms with E-state index in [9.17, 15) is 0 Å². The third-order valence-corrected chi connectivity index (χ3v) is 5.07. The molecule has 2 aromatic carbocycles. The fourth-order valence-electron chi connectivity index (χ4n) is 2.93. The first-order valence-corrected chi connectivity index (χ1v) is 8.78. The second-order valence-corrected chi connectivity index (χ2v) is 6.86. The molecule has 124 valence electrons. The molecule has 4 rings (SSSR count). The summed E-state index contributed by atoms with van der Waals surface area (Å²) >= 11 is 1.69. The first-order valence-electron chi connectivity index (χ1n) is 7.97. The van der Waals surface area contributed by atoms with Gasteiger partial charge in [0.2, 0.25) is 0 Å². The highest BCUT2D eigenvalue weighted by Gasteiger charge is 2.16. The first kappa shape index (κ1) is 15.6. The van der Waals surface area contributed by atoms with Crippen LogP contribution in [0.2, 0.25) is 0 Å². The van der Waals surface area contributed by atoms with E-state index in [2.05, 4.69) is 46.5 Å². The number of aryl methyl sites for hydroxylation is 1. The molecule has 5 heteroatoms. The van der Waals surface area contributed by atoms with E-state index in [1.165, 1.54) is 16.0 Å². The van der Waals surface area contributed by atoms with Gasteiger partial charge in [-0.05, 0) is 24.6 Å². The minimum Gasteiger partial charge on any atom is -0.497 e. The number of thiophene rings is 1. The van der Waals surface area contributed by atoms with Crippen molar-refractivity contribution in [2.45, 2.75) is 6.92 Å². The molecule has 0 aliphatic heterocycles. The molecule has 0 atom stereocenters. The van der Waals surface area contributed by atoms with Crippen LogP contribution < -0.4 is 10.1 Å². The molecule has 0 unspecified atom stereocenters. The van der Waals surface area contributed by atoms with Crippen LogP contribution in [-0.4, -0.2) is 17.1 Å². The van der Waals surface area contributed by atoms with Gasteiger partial charge in [0.25, 0.3) is 0 Å². The molecule has 4 nitrogen and oxygen atoms in total. The third kappa shape index (κ3) is 2.94. The van der Waals surface area contributed by atoms with Crippen LogP contribution >= 0.6 is 11.3 Å². The Labute approximate surface area is 150 Å². The summed E-state index contributed by atoms with van der Waals surface area (Å²) in [4.78, 5) is 11.2. The highest BCUT2D eigenvalue weighted by atomic mass is 32.1. The van der Waals surface area contributed by atoms with Gasteiger partial charge in [0.1, 0.15) is 22.7 Å². The van der Waals surface area contributed by atoms with Crippen molar-refractivity contribution in [1.82, 2.24) is 9.97 Å². The molecular weight excluding hydrogens is 330 g/mol. The molecule has 1 N–H and O–H groups in total. The highest BCUT2D eigenvalue weighted by molar-refractivity contribution is 7.19.